The summed E-state index contributed by atoms with van der Waals surface area (Å²) in [6.07, 6.45) is 0.656. The van der Waals surface area contributed by atoms with Crippen LogP contribution in [0.15, 0.2) is 0 Å². The number of likely N-dealkylation sites (N-methyl/N-ethyl adjacent to an activating group) is 1. The molecule has 9 heteroatoms. The molecule has 0 unspecified atom stereocenters. The number of cyclic esters (lactones) is 1. The van der Waals surface area contributed by atoms with E-state index in [1.165, 1.54) is 0 Å². The molecule has 0 aromatic carbocycles. The molecule has 0 bridgehead atoms. The monoisotopic (exact) mass is 346 g/mol. The van der Waals surface area contributed by atoms with Crippen molar-refractivity contribution in [2.45, 2.75) is 25.5 Å². The molecule has 3 aliphatic rings. The van der Waals surface area contributed by atoms with Crippen LogP contribution >= 0.6 is 0 Å². The molecule has 0 radical (unpaired) electrons. The Morgan fingerprint density at radius 2 is 1.48 bits per heavy atom. The average Bonchev–Trinajstić information content (AvgIpc) is 2.86. The number of hydrogen-bond donors (Lipinski definition) is 0. The molecule has 0 amide bonds. The number of rotatable bonds is 3. The zero-order valence-electron chi connectivity index (χ0n) is 13.8. The van der Waals surface area contributed by atoms with Crippen LogP contribution in [0.2, 0.25) is 0 Å². The second-order valence-corrected chi connectivity index (χ2v) is 8.57. The molecular formula is C14H26N4O4S. The molecule has 132 valence electrons. The Bertz CT molecular complexity index is 539. The molecule has 3 saturated heterocycles. The normalized spacial score (nSPS) is 33.0. The van der Waals surface area contributed by atoms with Crippen molar-refractivity contribution in [2.75, 3.05) is 59.4 Å². The van der Waals surface area contributed by atoms with Crippen LogP contribution in [0.25, 0.3) is 0 Å². The number of carbonyl (C=O) groups excluding carboxylic acids is 1. The lowest BCUT2D eigenvalue weighted by molar-refractivity contribution is -0.145. The van der Waals surface area contributed by atoms with Crippen LogP contribution in [0.5, 0.6) is 0 Å². The molecule has 0 spiro atoms. The molecule has 0 aromatic rings. The fourth-order valence-corrected chi connectivity index (χ4v) is 5.04. The average molecular weight is 346 g/mol. The van der Waals surface area contributed by atoms with Gasteiger partial charge in [0.25, 0.3) is 10.2 Å². The highest BCUT2D eigenvalue weighted by Gasteiger charge is 2.40. The van der Waals surface area contributed by atoms with Crippen molar-refractivity contribution in [1.29, 1.82) is 0 Å². The van der Waals surface area contributed by atoms with E-state index < -0.39 is 10.2 Å². The van der Waals surface area contributed by atoms with Crippen LogP contribution in [0.1, 0.15) is 13.3 Å². The fourth-order valence-electron chi connectivity index (χ4n) is 3.46. The Morgan fingerprint density at radius 1 is 0.957 bits per heavy atom. The second-order valence-electron chi connectivity index (χ2n) is 6.64. The van der Waals surface area contributed by atoms with Crippen molar-refractivity contribution < 1.29 is 17.9 Å². The van der Waals surface area contributed by atoms with Crippen LogP contribution < -0.4 is 0 Å². The molecule has 0 saturated carbocycles. The minimum absolute atomic E-state index is 0.0420. The predicted octanol–water partition coefficient (Wildman–Crippen LogP) is -1.20. The van der Waals surface area contributed by atoms with Crippen molar-refractivity contribution in [2.24, 2.45) is 0 Å². The number of carbonyl (C=O) groups is 1. The van der Waals surface area contributed by atoms with Gasteiger partial charge in [-0.1, -0.05) is 0 Å². The molecule has 0 aromatic heterocycles. The van der Waals surface area contributed by atoms with Gasteiger partial charge in [0, 0.05) is 58.8 Å². The Balaban J connectivity index is 1.57. The summed E-state index contributed by atoms with van der Waals surface area (Å²) in [6, 6.07) is -0.210. The van der Waals surface area contributed by atoms with Gasteiger partial charge >= 0.3 is 5.97 Å². The van der Waals surface area contributed by atoms with Crippen molar-refractivity contribution in [1.82, 2.24) is 18.4 Å². The second kappa shape index (κ2) is 6.64. The van der Waals surface area contributed by atoms with Crippen molar-refractivity contribution >= 4 is 16.2 Å². The molecule has 3 aliphatic heterocycles. The zero-order chi connectivity index (χ0) is 16.6. The van der Waals surface area contributed by atoms with E-state index in [1.54, 1.807) is 8.61 Å². The maximum Gasteiger partial charge on any atom is 0.323 e. The van der Waals surface area contributed by atoms with E-state index >= 15 is 0 Å². The van der Waals surface area contributed by atoms with Gasteiger partial charge in [-0.3, -0.25) is 9.69 Å². The van der Waals surface area contributed by atoms with E-state index in [0.29, 0.717) is 45.7 Å². The summed E-state index contributed by atoms with van der Waals surface area (Å²) in [7, 11) is -1.38. The van der Waals surface area contributed by atoms with Gasteiger partial charge < -0.3 is 9.64 Å². The molecule has 3 fully saturated rings. The van der Waals surface area contributed by atoms with Crippen LogP contribution in [0, 0.1) is 0 Å². The highest BCUT2D eigenvalue weighted by molar-refractivity contribution is 7.86. The molecule has 8 nitrogen and oxygen atoms in total. The number of ether oxygens (including phenoxy) is 1. The smallest absolute Gasteiger partial charge is 0.323 e. The first-order valence-electron chi connectivity index (χ1n) is 8.26. The Hall–Kier alpha value is -0.740. The molecule has 0 aliphatic carbocycles. The summed E-state index contributed by atoms with van der Waals surface area (Å²) < 4.78 is 33.8. The summed E-state index contributed by atoms with van der Waals surface area (Å²) in [5.74, 6) is -0.173. The van der Waals surface area contributed by atoms with E-state index in [4.69, 9.17) is 4.74 Å². The maximum absolute atomic E-state index is 12.7. The number of nitrogens with zero attached hydrogens (tertiary/aromatic N) is 4. The minimum Gasteiger partial charge on any atom is -0.461 e. The van der Waals surface area contributed by atoms with E-state index in [1.807, 2.05) is 14.0 Å². The standard InChI is InChI=1S/C14H26N4O4S/c1-12-11-13(14(19)22-12)16-5-9-18(10-6-16)23(20,21)17-7-3-15(2)4-8-17/h12-13H,3-11H2,1-2H3/t12-,13+/m0/s1. The molecule has 0 N–H and O–H groups in total. The highest BCUT2D eigenvalue weighted by Crippen LogP contribution is 2.22. The van der Waals surface area contributed by atoms with Gasteiger partial charge in [0.05, 0.1) is 0 Å². The topological polar surface area (TPSA) is 73.4 Å². The lowest BCUT2D eigenvalue weighted by Crippen LogP contribution is -2.58. The first-order chi connectivity index (χ1) is 10.9. The lowest BCUT2D eigenvalue weighted by atomic mass is 10.1. The lowest BCUT2D eigenvalue weighted by Gasteiger charge is -2.39. The molecule has 3 heterocycles. The minimum atomic E-state index is -3.38. The largest absolute Gasteiger partial charge is 0.461 e. The van der Waals surface area contributed by atoms with Crippen molar-refractivity contribution in [3.63, 3.8) is 0 Å². The first kappa shape index (κ1) is 17.1. The molecular weight excluding hydrogens is 320 g/mol. The zero-order valence-corrected chi connectivity index (χ0v) is 14.7. The van der Waals surface area contributed by atoms with Crippen LogP contribution in [-0.2, 0) is 19.7 Å². The van der Waals surface area contributed by atoms with Gasteiger partial charge in [0.2, 0.25) is 0 Å². The van der Waals surface area contributed by atoms with Gasteiger partial charge in [-0.05, 0) is 14.0 Å². The Kier molecular flexibility index (Phi) is 4.93. The van der Waals surface area contributed by atoms with E-state index in [0.717, 1.165) is 13.1 Å². The maximum atomic E-state index is 12.7. The Labute approximate surface area is 138 Å². The SMILES string of the molecule is C[C@H]1C[C@@H](N2CCN(S(=O)(=O)N3CCN(C)CC3)CC2)C(=O)O1. The third kappa shape index (κ3) is 3.53. The van der Waals surface area contributed by atoms with E-state index in [9.17, 15) is 13.2 Å². The molecule has 3 rings (SSSR count). The van der Waals surface area contributed by atoms with Gasteiger partial charge in [-0.2, -0.15) is 17.0 Å². The van der Waals surface area contributed by atoms with E-state index in [2.05, 4.69) is 9.80 Å². The van der Waals surface area contributed by atoms with Crippen molar-refractivity contribution in [3.8, 4) is 0 Å². The third-order valence-electron chi connectivity index (χ3n) is 4.97. The van der Waals surface area contributed by atoms with E-state index in [-0.39, 0.29) is 18.1 Å². The van der Waals surface area contributed by atoms with Gasteiger partial charge in [-0.25, -0.2) is 0 Å². The third-order valence-corrected chi connectivity index (χ3v) is 7.01. The number of piperazine rings is 2. The van der Waals surface area contributed by atoms with Crippen molar-refractivity contribution in [3.05, 3.63) is 0 Å². The Morgan fingerprint density at radius 3 is 1.96 bits per heavy atom. The van der Waals surface area contributed by atoms with Gasteiger partial charge in [0.15, 0.2) is 0 Å². The molecule has 23 heavy (non-hydrogen) atoms. The van der Waals surface area contributed by atoms with Gasteiger partial charge in [0.1, 0.15) is 12.1 Å². The fraction of sp³-hybridized carbons (Fsp3) is 0.929. The number of esters is 1. The summed E-state index contributed by atoms with van der Waals surface area (Å²) >= 11 is 0. The first-order valence-corrected chi connectivity index (χ1v) is 9.66. The summed E-state index contributed by atoms with van der Waals surface area (Å²) in [4.78, 5) is 16.0. The molecule has 2 atom stereocenters. The summed E-state index contributed by atoms with van der Waals surface area (Å²) in [6.45, 7) is 6.57. The van der Waals surface area contributed by atoms with Crippen LogP contribution in [-0.4, -0.2) is 104 Å². The predicted molar refractivity (Wildman–Crippen MR) is 85.1 cm³/mol. The van der Waals surface area contributed by atoms with Crippen LogP contribution in [0.4, 0.5) is 0 Å². The highest BCUT2D eigenvalue weighted by atomic mass is 32.2. The quantitative estimate of drug-likeness (QED) is 0.598. The summed E-state index contributed by atoms with van der Waals surface area (Å²) in [5.41, 5.74) is 0. The van der Waals surface area contributed by atoms with Gasteiger partial charge in [-0.15, -0.1) is 0 Å². The number of hydrogen-bond acceptors (Lipinski definition) is 6. The van der Waals surface area contributed by atoms with Crippen LogP contribution in [0.3, 0.4) is 0 Å². The summed E-state index contributed by atoms with van der Waals surface area (Å²) in [5, 5.41) is 0.